The zero-order valence-electron chi connectivity index (χ0n) is 24.2. The number of nitrogens with one attached hydrogen (secondary N) is 3. The van der Waals surface area contributed by atoms with Crippen LogP contribution in [0, 0.1) is 0 Å². The molecule has 2 amide bonds. The van der Waals surface area contributed by atoms with Crippen LogP contribution >= 0.6 is 0 Å². The predicted octanol–water partition coefficient (Wildman–Crippen LogP) is 4.65. The largest absolute Gasteiger partial charge is 0.439 e. The Morgan fingerprint density at radius 3 is 2.00 bits per heavy atom. The normalized spacial score (nSPS) is 19.8. The first-order valence-corrected chi connectivity index (χ1v) is 14.8. The number of carbonyl (C=O) groups excluding carboxylic acids is 2. The Bertz CT molecular complexity index is 1090. The van der Waals surface area contributed by atoms with Gasteiger partial charge in [0.1, 0.15) is 6.10 Å². The molecular formula is C27H45N7O7. The minimum absolute atomic E-state index is 0.250. The smallest absolute Gasteiger partial charge is 0.407 e. The highest BCUT2D eigenvalue weighted by Gasteiger charge is 2.50. The number of amides is 2. The average molecular weight is 580 g/mol. The van der Waals surface area contributed by atoms with Crippen molar-refractivity contribution >= 4 is 12.2 Å². The first-order chi connectivity index (χ1) is 19.9. The van der Waals surface area contributed by atoms with Crippen molar-refractivity contribution in [1.29, 1.82) is 0 Å². The van der Waals surface area contributed by atoms with E-state index in [2.05, 4.69) is 39.5 Å². The molecule has 1 fully saturated rings. The van der Waals surface area contributed by atoms with Gasteiger partial charge in [-0.1, -0.05) is 83.2 Å². The van der Waals surface area contributed by atoms with E-state index in [0.29, 0.717) is 13.1 Å². The Hall–Kier alpha value is -3.51. The molecule has 14 heteroatoms. The molecule has 2 heterocycles. The number of aromatic amines is 1. The summed E-state index contributed by atoms with van der Waals surface area (Å²) in [5.41, 5.74) is 7.44. The van der Waals surface area contributed by atoms with Crippen molar-refractivity contribution in [2.75, 3.05) is 19.6 Å². The third-order valence-corrected chi connectivity index (χ3v) is 6.82. The number of carbonyl (C=O) groups is 2. The maximum Gasteiger partial charge on any atom is 0.407 e. The first kappa shape index (κ1) is 33.7. The van der Waals surface area contributed by atoms with Crippen molar-refractivity contribution in [2.24, 2.45) is 5.11 Å². The summed E-state index contributed by atoms with van der Waals surface area (Å²) in [6.45, 7) is 4.82. The Balaban J connectivity index is 2.11. The molecule has 0 saturated carbocycles. The zero-order chi connectivity index (χ0) is 29.9. The molecule has 0 unspecified atom stereocenters. The molecule has 3 N–H and O–H groups in total. The van der Waals surface area contributed by atoms with Crippen molar-refractivity contribution in [1.82, 2.24) is 20.2 Å². The third kappa shape index (κ3) is 12.3. The lowest BCUT2D eigenvalue weighted by atomic mass is 10.1. The van der Waals surface area contributed by atoms with Gasteiger partial charge in [0.25, 0.3) is 5.56 Å². The van der Waals surface area contributed by atoms with E-state index in [1.807, 2.05) is 0 Å². The van der Waals surface area contributed by atoms with Crippen LogP contribution in [0.15, 0.2) is 27.0 Å². The van der Waals surface area contributed by atoms with Gasteiger partial charge in [0.15, 0.2) is 18.4 Å². The van der Waals surface area contributed by atoms with Crippen molar-refractivity contribution in [3.05, 3.63) is 43.5 Å². The molecule has 0 bridgehead atoms. The topological polar surface area (TPSA) is 190 Å². The van der Waals surface area contributed by atoms with Crippen LogP contribution in [0.5, 0.6) is 0 Å². The number of azide groups is 1. The number of aromatic nitrogens is 2. The molecule has 1 saturated heterocycles. The lowest BCUT2D eigenvalue weighted by Gasteiger charge is -2.24. The van der Waals surface area contributed by atoms with Gasteiger partial charge in [-0.25, -0.2) is 14.4 Å². The zero-order valence-corrected chi connectivity index (χ0v) is 24.2. The van der Waals surface area contributed by atoms with E-state index in [1.165, 1.54) is 19.0 Å². The summed E-state index contributed by atoms with van der Waals surface area (Å²) in [5.74, 6) is 0. The maximum atomic E-state index is 12.7. The molecule has 14 nitrogen and oxygen atoms in total. The highest BCUT2D eigenvalue weighted by molar-refractivity contribution is 5.68. The lowest BCUT2D eigenvalue weighted by Crippen LogP contribution is -2.45. The molecule has 0 spiro atoms. The molecule has 2 rings (SSSR count). The van der Waals surface area contributed by atoms with Crippen LogP contribution < -0.4 is 21.9 Å². The summed E-state index contributed by atoms with van der Waals surface area (Å²) in [6, 6.07) is 1.12. The Morgan fingerprint density at radius 2 is 1.46 bits per heavy atom. The van der Waals surface area contributed by atoms with E-state index in [1.54, 1.807) is 0 Å². The molecule has 0 aromatic carbocycles. The molecule has 1 aliphatic heterocycles. The number of ether oxygens (including phenoxy) is 3. The number of hydrogen-bond donors (Lipinski definition) is 3. The van der Waals surface area contributed by atoms with E-state index in [9.17, 15) is 19.2 Å². The van der Waals surface area contributed by atoms with Gasteiger partial charge in [-0.3, -0.25) is 14.3 Å². The van der Waals surface area contributed by atoms with Crippen LogP contribution in [0.3, 0.4) is 0 Å². The molecule has 1 aromatic heterocycles. The minimum Gasteiger partial charge on any atom is -0.439 e. The van der Waals surface area contributed by atoms with Crippen LogP contribution in [0.25, 0.3) is 10.4 Å². The fourth-order valence-electron chi connectivity index (χ4n) is 4.61. The maximum absolute atomic E-state index is 12.7. The van der Waals surface area contributed by atoms with E-state index in [4.69, 9.17) is 19.7 Å². The molecule has 1 aliphatic rings. The van der Waals surface area contributed by atoms with Gasteiger partial charge in [-0.05, 0) is 18.4 Å². The standard InChI is InChI=1S/C27H45N7O7/c1-3-5-7-9-11-13-16-29-26(37)40-22-20(19-31-33-28)39-24(34-18-15-21(35)32-25(34)36)23(22)41-27(38)30-17-14-12-10-8-6-4-2/h15,18,20,22-24H,3-14,16-17,19H2,1-2H3,(H,29,37)(H,30,38)(H,32,35,36)/t20-,22-,23-,24-/m1/s1. The number of nitrogens with zero attached hydrogens (tertiary/aromatic N) is 4. The van der Waals surface area contributed by atoms with Gasteiger partial charge in [0.2, 0.25) is 0 Å². The summed E-state index contributed by atoms with van der Waals surface area (Å²) in [7, 11) is 0. The predicted molar refractivity (Wildman–Crippen MR) is 153 cm³/mol. The minimum atomic E-state index is -1.28. The highest BCUT2D eigenvalue weighted by Crippen LogP contribution is 2.33. The van der Waals surface area contributed by atoms with Crippen LogP contribution in [-0.2, 0) is 14.2 Å². The molecule has 4 atom stereocenters. The summed E-state index contributed by atoms with van der Waals surface area (Å²) >= 11 is 0. The van der Waals surface area contributed by atoms with Gasteiger partial charge in [0.05, 0.1) is 6.54 Å². The SMILES string of the molecule is CCCCCCCCNC(=O)O[C@@H]1[C@H](OC(=O)NCCCCCCCC)[C@@H](CN=[N+]=[N-])O[C@H]1n1ccc(=O)[nH]c1=O. The molecule has 41 heavy (non-hydrogen) atoms. The molecule has 0 radical (unpaired) electrons. The number of unbranched alkanes of at least 4 members (excludes halogenated alkanes) is 10. The molecule has 1 aromatic rings. The first-order valence-electron chi connectivity index (χ1n) is 14.8. The van der Waals surface area contributed by atoms with Crippen LogP contribution in [0.4, 0.5) is 9.59 Å². The van der Waals surface area contributed by atoms with Crippen molar-refractivity contribution < 1.29 is 23.8 Å². The van der Waals surface area contributed by atoms with Crippen molar-refractivity contribution in [2.45, 2.75) is 115 Å². The van der Waals surface area contributed by atoms with Gasteiger partial charge in [0, 0.05) is 30.3 Å². The average Bonchev–Trinajstić information content (AvgIpc) is 3.26. The third-order valence-electron chi connectivity index (χ3n) is 6.82. The van der Waals surface area contributed by atoms with E-state index in [-0.39, 0.29) is 6.54 Å². The van der Waals surface area contributed by atoms with E-state index < -0.39 is 48.0 Å². The lowest BCUT2D eigenvalue weighted by molar-refractivity contribution is -0.0425. The fraction of sp³-hybridized carbons (Fsp3) is 0.778. The highest BCUT2D eigenvalue weighted by atomic mass is 16.7. The van der Waals surface area contributed by atoms with Crippen LogP contribution in [0.1, 0.15) is 97.1 Å². The quantitative estimate of drug-likeness (QED) is 0.0919. The van der Waals surface area contributed by atoms with Gasteiger partial charge >= 0.3 is 17.9 Å². The second-order valence-electron chi connectivity index (χ2n) is 10.1. The van der Waals surface area contributed by atoms with Crippen molar-refractivity contribution in [3.8, 4) is 0 Å². The van der Waals surface area contributed by atoms with Gasteiger partial charge < -0.3 is 24.8 Å². The molecule has 0 aliphatic carbocycles. The number of rotatable bonds is 19. The van der Waals surface area contributed by atoms with Crippen LogP contribution in [-0.4, -0.2) is 59.7 Å². The second kappa shape index (κ2) is 19.5. The number of hydrogen-bond acceptors (Lipinski definition) is 8. The Labute approximate surface area is 240 Å². The summed E-state index contributed by atoms with van der Waals surface area (Å²) in [6.07, 6.45) is 7.46. The Kier molecular flexibility index (Phi) is 16.1. The number of alkyl carbamates (subject to hydrolysis) is 2. The van der Waals surface area contributed by atoms with E-state index >= 15 is 0 Å². The van der Waals surface area contributed by atoms with E-state index in [0.717, 1.165) is 74.8 Å². The van der Waals surface area contributed by atoms with Crippen molar-refractivity contribution in [3.63, 3.8) is 0 Å². The Morgan fingerprint density at radius 1 is 0.927 bits per heavy atom. The molecular weight excluding hydrogens is 534 g/mol. The molecule has 230 valence electrons. The van der Waals surface area contributed by atoms with Gasteiger partial charge in [-0.15, -0.1) is 0 Å². The summed E-state index contributed by atoms with van der Waals surface area (Å²) < 4.78 is 18.2. The summed E-state index contributed by atoms with van der Waals surface area (Å²) in [5, 5.41) is 8.92. The summed E-state index contributed by atoms with van der Waals surface area (Å²) in [4.78, 5) is 54.5. The number of H-pyrrole nitrogens is 1. The monoisotopic (exact) mass is 579 g/mol. The fourth-order valence-corrected chi connectivity index (χ4v) is 4.61. The van der Waals surface area contributed by atoms with Crippen LogP contribution in [0.2, 0.25) is 0 Å². The second-order valence-corrected chi connectivity index (χ2v) is 10.1. The van der Waals surface area contributed by atoms with Gasteiger partial charge in [-0.2, -0.15) is 0 Å².